The third-order valence-electron chi connectivity index (χ3n) is 2.55. The molecule has 2 rings (SSSR count). The maximum atomic E-state index is 9.80. The predicted molar refractivity (Wildman–Crippen MR) is 51.0 cm³/mol. The monoisotopic (exact) mass is 178 g/mol. The van der Waals surface area contributed by atoms with E-state index in [0.717, 1.165) is 16.9 Å². The van der Waals surface area contributed by atoms with E-state index < -0.39 is 6.10 Å². The number of aliphatic hydroxyl groups is 1. The molecule has 2 heteroatoms. The highest BCUT2D eigenvalue weighted by atomic mass is 16.5. The Morgan fingerprint density at radius 3 is 2.69 bits per heavy atom. The van der Waals surface area contributed by atoms with E-state index in [1.54, 1.807) is 0 Å². The lowest BCUT2D eigenvalue weighted by molar-refractivity contribution is 0.0793. The molecule has 1 aliphatic rings. The number of benzene rings is 1. The Hall–Kier alpha value is -1.02. The number of fused-ring (bicyclic) bond motifs is 1. The molecular formula is C11H14O2. The van der Waals surface area contributed by atoms with E-state index in [1.807, 2.05) is 26.8 Å². The molecule has 13 heavy (non-hydrogen) atoms. The number of rotatable bonds is 0. The Labute approximate surface area is 78.2 Å². The molecule has 1 aromatic rings. The van der Waals surface area contributed by atoms with Gasteiger partial charge in [0.15, 0.2) is 0 Å². The second-order valence-electron chi connectivity index (χ2n) is 3.76. The van der Waals surface area contributed by atoms with Crippen molar-refractivity contribution in [3.05, 3.63) is 28.8 Å². The van der Waals surface area contributed by atoms with Crippen LogP contribution < -0.4 is 4.74 Å². The van der Waals surface area contributed by atoms with Crippen molar-refractivity contribution in [2.24, 2.45) is 0 Å². The fraction of sp³-hybridized carbons (Fsp3) is 0.455. The van der Waals surface area contributed by atoms with Crippen LogP contribution in [0.15, 0.2) is 12.1 Å². The van der Waals surface area contributed by atoms with E-state index in [1.165, 1.54) is 5.56 Å². The topological polar surface area (TPSA) is 29.5 Å². The largest absolute Gasteiger partial charge is 0.487 e. The van der Waals surface area contributed by atoms with Gasteiger partial charge in [0.1, 0.15) is 18.0 Å². The van der Waals surface area contributed by atoms with E-state index in [0.29, 0.717) is 0 Å². The summed E-state index contributed by atoms with van der Waals surface area (Å²) in [5.41, 5.74) is 3.25. The van der Waals surface area contributed by atoms with Crippen LogP contribution in [0.25, 0.3) is 0 Å². The van der Waals surface area contributed by atoms with E-state index in [9.17, 15) is 5.11 Å². The molecule has 0 amide bonds. The standard InChI is InChI=1S/C11H14O2/c1-6-4-7(2)10-9(5-6)13-8(3)11(10)12/h4-5,8,11-12H,1-3H3. The van der Waals surface area contributed by atoms with Crippen LogP contribution in [0.3, 0.4) is 0 Å². The summed E-state index contributed by atoms with van der Waals surface area (Å²) >= 11 is 0. The van der Waals surface area contributed by atoms with Crippen molar-refractivity contribution in [1.82, 2.24) is 0 Å². The van der Waals surface area contributed by atoms with E-state index in [4.69, 9.17) is 4.74 Å². The maximum Gasteiger partial charge on any atom is 0.126 e. The first-order valence-corrected chi connectivity index (χ1v) is 4.55. The van der Waals surface area contributed by atoms with E-state index >= 15 is 0 Å². The Balaban J connectivity index is 2.57. The van der Waals surface area contributed by atoms with Crippen molar-refractivity contribution in [2.45, 2.75) is 33.0 Å². The average molecular weight is 178 g/mol. The average Bonchev–Trinajstić information content (AvgIpc) is 2.27. The Bertz CT molecular complexity index is 344. The van der Waals surface area contributed by atoms with Crippen LogP contribution in [0.1, 0.15) is 29.7 Å². The molecule has 0 saturated heterocycles. The Morgan fingerprint density at radius 2 is 2.00 bits per heavy atom. The lowest BCUT2D eigenvalue weighted by Gasteiger charge is -2.07. The van der Waals surface area contributed by atoms with Gasteiger partial charge in [0.2, 0.25) is 0 Å². The molecule has 0 saturated carbocycles. The SMILES string of the molecule is Cc1cc(C)c2c(c1)OC(C)C2O. The molecule has 1 aliphatic heterocycles. The van der Waals surface area contributed by atoms with Gasteiger partial charge in [0.05, 0.1) is 0 Å². The zero-order valence-corrected chi connectivity index (χ0v) is 8.16. The van der Waals surface area contributed by atoms with Crippen molar-refractivity contribution in [3.63, 3.8) is 0 Å². The van der Waals surface area contributed by atoms with Gasteiger partial charge in [-0.2, -0.15) is 0 Å². The highest BCUT2D eigenvalue weighted by molar-refractivity contribution is 5.47. The molecule has 0 radical (unpaired) electrons. The van der Waals surface area contributed by atoms with Crippen molar-refractivity contribution < 1.29 is 9.84 Å². The van der Waals surface area contributed by atoms with Gasteiger partial charge in [-0.05, 0) is 38.0 Å². The number of ether oxygens (including phenoxy) is 1. The van der Waals surface area contributed by atoms with Gasteiger partial charge in [-0.1, -0.05) is 6.07 Å². The Morgan fingerprint density at radius 1 is 1.31 bits per heavy atom. The van der Waals surface area contributed by atoms with E-state index in [-0.39, 0.29) is 6.10 Å². The molecule has 2 nitrogen and oxygen atoms in total. The lowest BCUT2D eigenvalue weighted by atomic mass is 10.00. The zero-order valence-electron chi connectivity index (χ0n) is 8.16. The van der Waals surface area contributed by atoms with Crippen LogP contribution in [0.4, 0.5) is 0 Å². The fourth-order valence-electron chi connectivity index (χ4n) is 1.92. The number of hydrogen-bond donors (Lipinski definition) is 1. The summed E-state index contributed by atoms with van der Waals surface area (Å²) in [6.45, 7) is 5.93. The summed E-state index contributed by atoms with van der Waals surface area (Å²) in [5.74, 6) is 0.845. The lowest BCUT2D eigenvalue weighted by Crippen LogP contribution is -2.13. The van der Waals surface area contributed by atoms with Gasteiger partial charge >= 0.3 is 0 Å². The first-order valence-electron chi connectivity index (χ1n) is 4.55. The third kappa shape index (κ3) is 1.22. The summed E-state index contributed by atoms with van der Waals surface area (Å²) < 4.78 is 5.53. The van der Waals surface area contributed by atoms with Gasteiger partial charge in [0, 0.05) is 5.56 Å². The predicted octanol–water partition coefficient (Wildman–Crippen LogP) is 2.12. The molecule has 2 atom stereocenters. The molecule has 1 heterocycles. The van der Waals surface area contributed by atoms with Crippen LogP contribution >= 0.6 is 0 Å². The third-order valence-corrected chi connectivity index (χ3v) is 2.55. The molecule has 1 aromatic carbocycles. The summed E-state index contributed by atoms with van der Waals surface area (Å²) in [6.07, 6.45) is -0.578. The molecule has 0 aliphatic carbocycles. The van der Waals surface area contributed by atoms with Gasteiger partial charge in [0.25, 0.3) is 0 Å². The van der Waals surface area contributed by atoms with Crippen LogP contribution in [-0.4, -0.2) is 11.2 Å². The summed E-state index contributed by atoms with van der Waals surface area (Å²) in [4.78, 5) is 0. The number of aryl methyl sites for hydroxylation is 2. The van der Waals surface area contributed by atoms with Gasteiger partial charge in [-0.15, -0.1) is 0 Å². The number of hydrogen-bond acceptors (Lipinski definition) is 2. The highest BCUT2D eigenvalue weighted by Gasteiger charge is 2.30. The number of aliphatic hydroxyl groups excluding tert-OH is 1. The zero-order chi connectivity index (χ0) is 9.59. The molecule has 1 N–H and O–H groups in total. The second-order valence-corrected chi connectivity index (χ2v) is 3.76. The fourth-order valence-corrected chi connectivity index (χ4v) is 1.92. The van der Waals surface area contributed by atoms with Crippen LogP contribution in [-0.2, 0) is 0 Å². The minimum atomic E-state index is -0.462. The molecule has 0 fully saturated rings. The van der Waals surface area contributed by atoms with Crippen molar-refractivity contribution in [1.29, 1.82) is 0 Å². The molecule has 2 unspecified atom stereocenters. The molecular weight excluding hydrogens is 164 g/mol. The minimum Gasteiger partial charge on any atom is -0.487 e. The van der Waals surface area contributed by atoms with Crippen LogP contribution in [0.2, 0.25) is 0 Å². The first-order chi connectivity index (χ1) is 6.09. The van der Waals surface area contributed by atoms with Crippen molar-refractivity contribution >= 4 is 0 Å². The maximum absolute atomic E-state index is 9.80. The normalized spacial score (nSPS) is 25.5. The summed E-state index contributed by atoms with van der Waals surface area (Å²) in [5, 5.41) is 9.80. The van der Waals surface area contributed by atoms with Crippen LogP contribution in [0.5, 0.6) is 5.75 Å². The van der Waals surface area contributed by atoms with Crippen molar-refractivity contribution in [2.75, 3.05) is 0 Å². The molecule has 0 bridgehead atoms. The minimum absolute atomic E-state index is 0.115. The van der Waals surface area contributed by atoms with Crippen molar-refractivity contribution in [3.8, 4) is 5.75 Å². The Kier molecular flexibility index (Phi) is 1.81. The highest BCUT2D eigenvalue weighted by Crippen LogP contribution is 2.39. The first kappa shape index (κ1) is 8.57. The van der Waals surface area contributed by atoms with Gasteiger partial charge in [-0.25, -0.2) is 0 Å². The molecule has 0 spiro atoms. The summed E-state index contributed by atoms with van der Waals surface area (Å²) in [6, 6.07) is 4.05. The van der Waals surface area contributed by atoms with Gasteiger partial charge < -0.3 is 9.84 Å². The van der Waals surface area contributed by atoms with Crippen LogP contribution in [0, 0.1) is 13.8 Å². The quantitative estimate of drug-likeness (QED) is 0.659. The van der Waals surface area contributed by atoms with E-state index in [2.05, 4.69) is 6.07 Å². The summed E-state index contributed by atoms with van der Waals surface area (Å²) in [7, 11) is 0. The molecule has 70 valence electrons. The smallest absolute Gasteiger partial charge is 0.126 e. The second kappa shape index (κ2) is 2.74. The van der Waals surface area contributed by atoms with Gasteiger partial charge in [-0.3, -0.25) is 0 Å². The molecule has 0 aromatic heterocycles.